The van der Waals surface area contributed by atoms with Crippen LogP contribution in [0.4, 0.5) is 0 Å². The van der Waals surface area contributed by atoms with E-state index in [0.717, 1.165) is 0 Å². The van der Waals surface area contributed by atoms with Crippen molar-refractivity contribution in [2.75, 3.05) is 5.75 Å². The van der Waals surface area contributed by atoms with E-state index in [1.807, 2.05) is 0 Å². The molecule has 0 radical (unpaired) electrons. The maximum atomic E-state index is 5.38. The van der Waals surface area contributed by atoms with Gasteiger partial charge in [-0.1, -0.05) is 0 Å². The Balaban J connectivity index is 2.33. The number of rotatable bonds is 0. The molecule has 0 bridgehead atoms. The molecule has 1 saturated heterocycles. The van der Waals surface area contributed by atoms with Gasteiger partial charge in [0.2, 0.25) is 0 Å². The monoisotopic (exact) mass is 132 g/mol. The smallest absolute Gasteiger partial charge is 0.0773 e. The van der Waals surface area contributed by atoms with Crippen molar-refractivity contribution in [3.8, 4) is 0 Å². The molecule has 0 N–H and O–H groups in total. The van der Waals surface area contributed by atoms with E-state index in [2.05, 4.69) is 13.8 Å². The summed E-state index contributed by atoms with van der Waals surface area (Å²) in [7, 11) is 0. The van der Waals surface area contributed by atoms with Gasteiger partial charge in [0.25, 0.3) is 0 Å². The van der Waals surface area contributed by atoms with Crippen molar-refractivity contribution in [3.05, 3.63) is 0 Å². The van der Waals surface area contributed by atoms with E-state index in [1.165, 1.54) is 18.6 Å². The summed E-state index contributed by atoms with van der Waals surface area (Å²) >= 11 is 1.60. The maximum Gasteiger partial charge on any atom is 0.0773 e. The van der Waals surface area contributed by atoms with Gasteiger partial charge >= 0.3 is 0 Å². The van der Waals surface area contributed by atoms with Gasteiger partial charge in [-0.05, 0) is 38.7 Å². The molecular formula is C6H12OS. The highest BCUT2D eigenvalue weighted by atomic mass is 32.2. The Hall–Kier alpha value is 0.310. The van der Waals surface area contributed by atoms with E-state index in [4.69, 9.17) is 4.18 Å². The van der Waals surface area contributed by atoms with Gasteiger partial charge in [-0.15, -0.1) is 0 Å². The molecule has 0 spiro atoms. The largest absolute Gasteiger partial charge is 0.309 e. The summed E-state index contributed by atoms with van der Waals surface area (Å²) in [6, 6.07) is 0. The van der Waals surface area contributed by atoms with Gasteiger partial charge in [-0.3, -0.25) is 0 Å². The first-order chi connectivity index (χ1) is 3.71. The van der Waals surface area contributed by atoms with E-state index < -0.39 is 0 Å². The van der Waals surface area contributed by atoms with Gasteiger partial charge in [0.05, 0.1) is 5.60 Å². The second kappa shape index (κ2) is 2.28. The first-order valence-electron chi connectivity index (χ1n) is 3.01. The SMILES string of the molecule is CC1(C)CCCSO1. The molecule has 1 aliphatic rings. The third kappa shape index (κ3) is 1.67. The highest BCUT2D eigenvalue weighted by Gasteiger charge is 2.21. The molecule has 0 aromatic rings. The lowest BCUT2D eigenvalue weighted by Gasteiger charge is -2.27. The van der Waals surface area contributed by atoms with Crippen LogP contribution < -0.4 is 0 Å². The summed E-state index contributed by atoms with van der Waals surface area (Å²) in [5, 5.41) is 0. The molecule has 0 amide bonds. The number of hydrogen-bond donors (Lipinski definition) is 0. The summed E-state index contributed by atoms with van der Waals surface area (Å²) in [4.78, 5) is 0. The third-order valence-corrected chi connectivity index (χ3v) is 2.32. The lowest BCUT2D eigenvalue weighted by Crippen LogP contribution is -2.24. The second-order valence-electron chi connectivity index (χ2n) is 2.77. The maximum absolute atomic E-state index is 5.38. The van der Waals surface area contributed by atoms with E-state index in [9.17, 15) is 0 Å². The second-order valence-corrected chi connectivity index (χ2v) is 3.58. The average Bonchev–Trinajstić information content (AvgIpc) is 1.65. The zero-order valence-corrected chi connectivity index (χ0v) is 6.25. The van der Waals surface area contributed by atoms with Crippen molar-refractivity contribution in [2.24, 2.45) is 0 Å². The Morgan fingerprint density at radius 3 is 2.50 bits per heavy atom. The van der Waals surface area contributed by atoms with Crippen LogP contribution in [0.25, 0.3) is 0 Å². The predicted octanol–water partition coefficient (Wildman–Crippen LogP) is 2.22. The van der Waals surface area contributed by atoms with Crippen molar-refractivity contribution in [1.82, 2.24) is 0 Å². The molecule has 0 aromatic carbocycles. The Morgan fingerprint density at radius 2 is 2.25 bits per heavy atom. The van der Waals surface area contributed by atoms with Gasteiger partial charge in [-0.25, -0.2) is 0 Å². The van der Waals surface area contributed by atoms with Crippen LogP contribution in [0.5, 0.6) is 0 Å². The zero-order chi connectivity index (χ0) is 6.04. The fraction of sp³-hybridized carbons (Fsp3) is 1.00. The van der Waals surface area contributed by atoms with Crippen molar-refractivity contribution in [3.63, 3.8) is 0 Å². The van der Waals surface area contributed by atoms with E-state index in [0.29, 0.717) is 0 Å². The summed E-state index contributed by atoms with van der Waals surface area (Å²) in [6.45, 7) is 4.28. The van der Waals surface area contributed by atoms with Crippen molar-refractivity contribution < 1.29 is 4.18 Å². The molecule has 0 aliphatic carbocycles. The minimum atomic E-state index is 0.142. The van der Waals surface area contributed by atoms with E-state index in [-0.39, 0.29) is 5.60 Å². The van der Waals surface area contributed by atoms with E-state index >= 15 is 0 Å². The first kappa shape index (κ1) is 6.43. The molecule has 0 aromatic heterocycles. The summed E-state index contributed by atoms with van der Waals surface area (Å²) in [5.74, 6) is 1.17. The van der Waals surface area contributed by atoms with Crippen LogP contribution in [0, 0.1) is 0 Å². The zero-order valence-electron chi connectivity index (χ0n) is 5.44. The Kier molecular flexibility index (Phi) is 1.83. The van der Waals surface area contributed by atoms with Crippen molar-refractivity contribution >= 4 is 12.0 Å². The fourth-order valence-corrected chi connectivity index (χ4v) is 1.55. The molecule has 2 heteroatoms. The van der Waals surface area contributed by atoms with Crippen LogP contribution in [0.15, 0.2) is 0 Å². The summed E-state index contributed by atoms with van der Waals surface area (Å²) in [5.41, 5.74) is 0.142. The lowest BCUT2D eigenvalue weighted by molar-refractivity contribution is 0.118. The van der Waals surface area contributed by atoms with Crippen LogP contribution in [0.3, 0.4) is 0 Å². The quantitative estimate of drug-likeness (QED) is 0.467. The lowest BCUT2D eigenvalue weighted by atomic mass is 10.0. The minimum absolute atomic E-state index is 0.142. The van der Waals surface area contributed by atoms with E-state index in [1.54, 1.807) is 12.0 Å². The molecule has 0 atom stereocenters. The molecule has 1 heterocycles. The number of hydrogen-bond acceptors (Lipinski definition) is 2. The standard InChI is InChI=1S/C6H12OS/c1-6(2)4-3-5-8-7-6/h3-5H2,1-2H3. The first-order valence-corrected chi connectivity index (χ1v) is 3.92. The predicted molar refractivity (Wildman–Crippen MR) is 36.9 cm³/mol. The van der Waals surface area contributed by atoms with Crippen LogP contribution in [0.1, 0.15) is 26.7 Å². The van der Waals surface area contributed by atoms with Gasteiger partial charge in [0.1, 0.15) is 0 Å². The molecule has 0 saturated carbocycles. The normalized spacial score (nSPS) is 27.8. The van der Waals surface area contributed by atoms with Gasteiger partial charge in [0, 0.05) is 5.75 Å². The Labute approximate surface area is 55.0 Å². The summed E-state index contributed by atoms with van der Waals surface area (Å²) in [6.07, 6.45) is 2.51. The highest BCUT2D eigenvalue weighted by Crippen LogP contribution is 2.29. The molecule has 1 aliphatic heterocycles. The molecule has 1 nitrogen and oxygen atoms in total. The Bertz CT molecular complexity index is 72.6. The van der Waals surface area contributed by atoms with Gasteiger partial charge in [0.15, 0.2) is 0 Å². The van der Waals surface area contributed by atoms with Crippen molar-refractivity contribution in [1.29, 1.82) is 0 Å². The molecule has 1 fully saturated rings. The van der Waals surface area contributed by atoms with Crippen LogP contribution in [-0.4, -0.2) is 11.4 Å². The molecule has 0 unspecified atom stereocenters. The average molecular weight is 132 g/mol. The van der Waals surface area contributed by atoms with Crippen LogP contribution >= 0.6 is 12.0 Å². The topological polar surface area (TPSA) is 9.23 Å². The van der Waals surface area contributed by atoms with Gasteiger partial charge in [-0.2, -0.15) is 0 Å². The van der Waals surface area contributed by atoms with Crippen LogP contribution in [0.2, 0.25) is 0 Å². The third-order valence-electron chi connectivity index (χ3n) is 1.29. The fourth-order valence-electron chi connectivity index (χ4n) is 0.800. The summed E-state index contributed by atoms with van der Waals surface area (Å²) < 4.78 is 5.38. The molecule has 48 valence electrons. The minimum Gasteiger partial charge on any atom is -0.309 e. The molecule has 1 rings (SSSR count). The molecular weight excluding hydrogens is 120 g/mol. The Morgan fingerprint density at radius 1 is 1.50 bits per heavy atom. The van der Waals surface area contributed by atoms with Crippen LogP contribution in [-0.2, 0) is 4.18 Å². The van der Waals surface area contributed by atoms with Gasteiger partial charge < -0.3 is 4.18 Å². The molecule has 8 heavy (non-hydrogen) atoms. The van der Waals surface area contributed by atoms with Crippen molar-refractivity contribution in [2.45, 2.75) is 32.3 Å². The highest BCUT2D eigenvalue weighted by molar-refractivity contribution is 7.94.